The van der Waals surface area contributed by atoms with Crippen LogP contribution in [0.25, 0.3) is 0 Å². The van der Waals surface area contributed by atoms with Crippen molar-refractivity contribution >= 4 is 34.8 Å². The first-order chi connectivity index (χ1) is 14.0. The lowest BCUT2D eigenvalue weighted by atomic mass is 9.90. The number of thiophene rings is 1. The molecule has 0 atom stereocenters. The molecule has 2 aromatic heterocycles. The van der Waals surface area contributed by atoms with Crippen molar-refractivity contribution in [3.63, 3.8) is 0 Å². The molecule has 4 rings (SSSR count). The minimum Gasteiger partial charge on any atom is -0.362 e. The Balaban J connectivity index is 1.43. The summed E-state index contributed by atoms with van der Waals surface area (Å²) in [5.41, 5.74) is 9.09. The molecule has 0 aliphatic heterocycles. The lowest BCUT2D eigenvalue weighted by molar-refractivity contribution is 0.248. The highest BCUT2D eigenvalue weighted by molar-refractivity contribution is 7.08. The van der Waals surface area contributed by atoms with Crippen LogP contribution >= 0.6 is 11.3 Å². The van der Waals surface area contributed by atoms with Crippen LogP contribution in [0.2, 0.25) is 0 Å². The molecular weight excluding hydrogens is 384 g/mol. The van der Waals surface area contributed by atoms with E-state index in [2.05, 4.69) is 24.3 Å². The van der Waals surface area contributed by atoms with Crippen molar-refractivity contribution in [3.8, 4) is 0 Å². The minimum atomic E-state index is -0.367. The van der Waals surface area contributed by atoms with Crippen molar-refractivity contribution in [1.82, 2.24) is 9.97 Å². The second-order valence-electron chi connectivity index (χ2n) is 8.24. The Hall–Kier alpha value is -2.35. The fourth-order valence-electron chi connectivity index (χ4n) is 4.58. The Kier molecular flexibility index (Phi) is 5.89. The van der Waals surface area contributed by atoms with E-state index in [1.165, 1.54) is 24.1 Å². The molecule has 0 radical (unpaired) electrons. The third-order valence-electron chi connectivity index (χ3n) is 6.00. The predicted molar refractivity (Wildman–Crippen MR) is 119 cm³/mol. The molecule has 7 nitrogen and oxygen atoms in total. The highest BCUT2D eigenvalue weighted by Crippen LogP contribution is 2.31. The molecule has 2 heterocycles. The second kappa shape index (κ2) is 8.57. The van der Waals surface area contributed by atoms with Gasteiger partial charge in [0, 0.05) is 37.1 Å². The molecule has 2 amide bonds. The maximum absolute atomic E-state index is 12.0. The van der Waals surface area contributed by atoms with Crippen LogP contribution in [0.5, 0.6) is 0 Å². The molecule has 0 bridgehead atoms. The van der Waals surface area contributed by atoms with Gasteiger partial charge in [-0.3, -0.25) is 4.90 Å². The number of amides is 2. The van der Waals surface area contributed by atoms with Crippen LogP contribution in [0.15, 0.2) is 16.8 Å². The zero-order valence-electron chi connectivity index (χ0n) is 17.2. The van der Waals surface area contributed by atoms with E-state index < -0.39 is 0 Å². The molecule has 2 aliphatic carbocycles. The largest absolute Gasteiger partial charge is 0.362 e. The normalized spacial score (nSPS) is 21.3. The van der Waals surface area contributed by atoms with Crippen molar-refractivity contribution in [3.05, 3.63) is 28.1 Å². The van der Waals surface area contributed by atoms with Gasteiger partial charge in [0.15, 0.2) is 0 Å². The van der Waals surface area contributed by atoms with Crippen LogP contribution in [0, 0.1) is 0 Å². The minimum absolute atomic E-state index is 0.155. The van der Waals surface area contributed by atoms with Gasteiger partial charge < -0.3 is 16.0 Å². The van der Waals surface area contributed by atoms with E-state index in [-0.39, 0.29) is 12.1 Å². The summed E-state index contributed by atoms with van der Waals surface area (Å²) in [6.45, 7) is 0. The Bertz CT molecular complexity index is 845. The molecule has 0 unspecified atom stereocenters. The van der Waals surface area contributed by atoms with Gasteiger partial charge >= 0.3 is 6.03 Å². The Labute approximate surface area is 176 Å². The zero-order valence-corrected chi connectivity index (χ0v) is 18.0. The average Bonchev–Trinajstić information content (AvgIpc) is 3.22. The van der Waals surface area contributed by atoms with E-state index in [0.717, 1.165) is 56.0 Å². The number of rotatable bonds is 5. The number of primary amides is 1. The quantitative estimate of drug-likeness (QED) is 0.777. The molecule has 0 saturated heterocycles. The fraction of sp³-hybridized carbons (Fsp3) is 0.571. The number of carbonyl (C=O) groups excluding carboxylic acids is 1. The standard InChI is InChI=1S/C21H30N6OS/c1-26(2)19-17-5-3-4-6-18(17)24-21(25-19)23-14-7-9-15(10-8-14)27(20(22)28)16-11-12-29-13-16/h11-15H,3-10H2,1-2H3,(H2,22,28)(H,23,24,25). The van der Waals surface area contributed by atoms with E-state index in [4.69, 9.17) is 15.7 Å². The van der Waals surface area contributed by atoms with Gasteiger partial charge in [0.05, 0.1) is 11.4 Å². The van der Waals surface area contributed by atoms with Crippen LogP contribution < -0.4 is 20.9 Å². The average molecular weight is 415 g/mol. The van der Waals surface area contributed by atoms with Gasteiger partial charge in [0.1, 0.15) is 5.82 Å². The molecule has 1 saturated carbocycles. The van der Waals surface area contributed by atoms with E-state index in [9.17, 15) is 4.79 Å². The Morgan fingerprint density at radius 1 is 1.17 bits per heavy atom. The molecule has 0 aromatic carbocycles. The van der Waals surface area contributed by atoms with E-state index >= 15 is 0 Å². The van der Waals surface area contributed by atoms with Crippen molar-refractivity contribution in [2.24, 2.45) is 5.73 Å². The summed E-state index contributed by atoms with van der Waals surface area (Å²) in [6, 6.07) is 2.07. The zero-order chi connectivity index (χ0) is 20.4. The van der Waals surface area contributed by atoms with Gasteiger partial charge in [-0.1, -0.05) is 0 Å². The molecule has 8 heteroatoms. The summed E-state index contributed by atoms with van der Waals surface area (Å²) in [5, 5.41) is 7.53. The van der Waals surface area contributed by atoms with Crippen LogP contribution in [0.4, 0.5) is 22.2 Å². The number of fused-ring (bicyclic) bond motifs is 1. The number of carbonyl (C=O) groups is 1. The summed E-state index contributed by atoms with van der Waals surface area (Å²) in [7, 11) is 4.10. The lowest BCUT2D eigenvalue weighted by Gasteiger charge is -2.36. The number of hydrogen-bond acceptors (Lipinski definition) is 6. The van der Waals surface area contributed by atoms with Crippen LogP contribution in [-0.4, -0.2) is 42.2 Å². The first-order valence-electron chi connectivity index (χ1n) is 10.5. The van der Waals surface area contributed by atoms with Gasteiger partial charge in [-0.25, -0.2) is 9.78 Å². The van der Waals surface area contributed by atoms with Gasteiger partial charge in [-0.2, -0.15) is 16.3 Å². The summed E-state index contributed by atoms with van der Waals surface area (Å²) in [5.74, 6) is 1.78. The second-order valence-corrected chi connectivity index (χ2v) is 9.02. The topological polar surface area (TPSA) is 87.4 Å². The smallest absolute Gasteiger partial charge is 0.319 e. The van der Waals surface area contributed by atoms with Crippen LogP contribution in [-0.2, 0) is 12.8 Å². The van der Waals surface area contributed by atoms with E-state index in [1.54, 1.807) is 16.2 Å². The Morgan fingerprint density at radius 3 is 2.59 bits per heavy atom. The lowest BCUT2D eigenvalue weighted by Crippen LogP contribution is -2.46. The maximum Gasteiger partial charge on any atom is 0.319 e. The van der Waals surface area contributed by atoms with E-state index in [1.807, 2.05) is 16.8 Å². The van der Waals surface area contributed by atoms with Gasteiger partial charge in [0.25, 0.3) is 0 Å². The van der Waals surface area contributed by atoms with Crippen molar-refractivity contribution in [2.75, 3.05) is 29.2 Å². The summed E-state index contributed by atoms with van der Waals surface area (Å²) < 4.78 is 0. The molecule has 1 fully saturated rings. The third kappa shape index (κ3) is 4.32. The summed E-state index contributed by atoms with van der Waals surface area (Å²) in [4.78, 5) is 25.5. The monoisotopic (exact) mass is 414 g/mol. The number of aryl methyl sites for hydroxylation is 1. The number of nitrogens with zero attached hydrogens (tertiary/aromatic N) is 4. The summed E-state index contributed by atoms with van der Waals surface area (Å²) in [6.07, 6.45) is 8.30. The number of anilines is 3. The molecule has 3 N–H and O–H groups in total. The number of nitrogens with one attached hydrogen (secondary N) is 1. The highest BCUT2D eigenvalue weighted by Gasteiger charge is 2.30. The Morgan fingerprint density at radius 2 is 1.93 bits per heavy atom. The van der Waals surface area contributed by atoms with Crippen LogP contribution in [0.1, 0.15) is 49.8 Å². The van der Waals surface area contributed by atoms with Gasteiger partial charge in [0.2, 0.25) is 5.95 Å². The predicted octanol–water partition coefficient (Wildman–Crippen LogP) is 3.79. The molecule has 156 valence electrons. The van der Waals surface area contributed by atoms with Crippen molar-refractivity contribution in [1.29, 1.82) is 0 Å². The van der Waals surface area contributed by atoms with Gasteiger partial charge in [-0.15, -0.1) is 0 Å². The highest BCUT2D eigenvalue weighted by atomic mass is 32.1. The number of urea groups is 1. The number of nitrogens with two attached hydrogens (primary N) is 1. The molecule has 29 heavy (non-hydrogen) atoms. The van der Waals surface area contributed by atoms with Crippen molar-refractivity contribution in [2.45, 2.75) is 63.5 Å². The summed E-state index contributed by atoms with van der Waals surface area (Å²) >= 11 is 1.58. The molecule has 2 aliphatic rings. The van der Waals surface area contributed by atoms with Crippen molar-refractivity contribution < 1.29 is 4.79 Å². The first kappa shape index (κ1) is 19.9. The number of hydrogen-bond donors (Lipinski definition) is 2. The maximum atomic E-state index is 12.0. The van der Waals surface area contributed by atoms with E-state index in [0.29, 0.717) is 6.04 Å². The number of aromatic nitrogens is 2. The fourth-order valence-corrected chi connectivity index (χ4v) is 5.21. The van der Waals surface area contributed by atoms with Crippen LogP contribution in [0.3, 0.4) is 0 Å². The molecular formula is C21H30N6OS. The third-order valence-corrected chi connectivity index (χ3v) is 6.67. The van der Waals surface area contributed by atoms with Gasteiger partial charge in [-0.05, 0) is 62.8 Å². The SMILES string of the molecule is CN(C)c1nc(NC2CCC(N(C(N)=O)c3ccsc3)CC2)nc2c1CCCC2. The first-order valence-corrected chi connectivity index (χ1v) is 11.4. The molecule has 0 spiro atoms. The molecule has 2 aromatic rings.